The van der Waals surface area contributed by atoms with E-state index in [9.17, 15) is 9.59 Å². The minimum Gasteiger partial charge on any atom is -0.465 e. The SMILES string of the molecule is O=C(O)N[C@H]1CC[C@H](NC(=O)CN2CCOCC2)CC1. The lowest BCUT2D eigenvalue weighted by atomic mass is 9.91. The van der Waals surface area contributed by atoms with E-state index in [0.29, 0.717) is 19.8 Å². The number of morpholine rings is 1. The van der Waals surface area contributed by atoms with Crippen LogP contribution in [0, 0.1) is 0 Å². The van der Waals surface area contributed by atoms with Crippen molar-refractivity contribution in [1.29, 1.82) is 0 Å². The van der Waals surface area contributed by atoms with E-state index < -0.39 is 6.09 Å². The van der Waals surface area contributed by atoms with Gasteiger partial charge in [-0.1, -0.05) is 0 Å². The van der Waals surface area contributed by atoms with E-state index in [1.807, 2.05) is 0 Å². The molecule has 7 nitrogen and oxygen atoms in total. The molecular formula is C13H23N3O4. The Bertz CT molecular complexity index is 337. The van der Waals surface area contributed by atoms with E-state index in [2.05, 4.69) is 15.5 Å². The van der Waals surface area contributed by atoms with Gasteiger partial charge in [0, 0.05) is 25.2 Å². The highest BCUT2D eigenvalue weighted by Gasteiger charge is 2.24. The smallest absolute Gasteiger partial charge is 0.404 e. The quantitative estimate of drug-likeness (QED) is 0.677. The fraction of sp³-hybridized carbons (Fsp3) is 0.846. The van der Waals surface area contributed by atoms with Crippen LogP contribution in [0.2, 0.25) is 0 Å². The van der Waals surface area contributed by atoms with Crippen molar-refractivity contribution < 1.29 is 19.4 Å². The molecule has 0 aromatic heterocycles. The lowest BCUT2D eigenvalue weighted by Gasteiger charge is -2.30. The largest absolute Gasteiger partial charge is 0.465 e. The van der Waals surface area contributed by atoms with Crippen LogP contribution in [0.5, 0.6) is 0 Å². The van der Waals surface area contributed by atoms with Crippen LogP contribution in [-0.2, 0) is 9.53 Å². The maximum absolute atomic E-state index is 11.9. The summed E-state index contributed by atoms with van der Waals surface area (Å²) in [7, 11) is 0. The summed E-state index contributed by atoms with van der Waals surface area (Å²) in [5.74, 6) is 0.0570. The van der Waals surface area contributed by atoms with Gasteiger partial charge in [-0.3, -0.25) is 9.69 Å². The molecule has 2 aliphatic rings. The van der Waals surface area contributed by atoms with Gasteiger partial charge in [0.2, 0.25) is 5.91 Å². The molecule has 2 fully saturated rings. The predicted molar refractivity (Wildman–Crippen MR) is 72.6 cm³/mol. The van der Waals surface area contributed by atoms with Gasteiger partial charge in [-0.15, -0.1) is 0 Å². The highest BCUT2D eigenvalue weighted by Crippen LogP contribution is 2.18. The number of carbonyl (C=O) groups is 2. The van der Waals surface area contributed by atoms with Crippen molar-refractivity contribution >= 4 is 12.0 Å². The molecule has 3 N–H and O–H groups in total. The second-order valence-electron chi connectivity index (χ2n) is 5.45. The van der Waals surface area contributed by atoms with Crippen molar-refractivity contribution in [3.63, 3.8) is 0 Å². The summed E-state index contributed by atoms with van der Waals surface area (Å²) >= 11 is 0. The number of nitrogens with one attached hydrogen (secondary N) is 2. The molecule has 0 bridgehead atoms. The number of rotatable bonds is 4. The summed E-state index contributed by atoms with van der Waals surface area (Å²) in [5.41, 5.74) is 0. The first-order chi connectivity index (χ1) is 9.63. The third kappa shape index (κ3) is 4.97. The molecule has 1 aliphatic heterocycles. The van der Waals surface area contributed by atoms with Crippen molar-refractivity contribution in [3.8, 4) is 0 Å². The summed E-state index contributed by atoms with van der Waals surface area (Å²) < 4.78 is 5.25. The summed E-state index contributed by atoms with van der Waals surface area (Å²) in [6.45, 7) is 3.43. The maximum Gasteiger partial charge on any atom is 0.404 e. The Labute approximate surface area is 118 Å². The normalized spacial score (nSPS) is 27.8. The third-order valence-corrected chi connectivity index (χ3v) is 3.89. The standard InChI is InChI=1S/C13H23N3O4/c17-12(9-16-5-7-20-8-6-16)14-10-1-3-11(4-2-10)15-13(18)19/h10-11,15H,1-9H2,(H,14,17)(H,18,19)/t10-,11-. The summed E-state index contributed by atoms with van der Waals surface area (Å²) in [6.07, 6.45) is 2.27. The number of hydrogen-bond donors (Lipinski definition) is 3. The van der Waals surface area contributed by atoms with Crippen LogP contribution in [0.3, 0.4) is 0 Å². The zero-order valence-corrected chi connectivity index (χ0v) is 11.6. The molecular weight excluding hydrogens is 262 g/mol. The van der Waals surface area contributed by atoms with E-state index in [1.165, 1.54) is 0 Å². The molecule has 2 amide bonds. The van der Waals surface area contributed by atoms with Gasteiger partial charge in [0.25, 0.3) is 0 Å². The fourth-order valence-corrected chi connectivity index (χ4v) is 2.79. The Morgan fingerprint density at radius 2 is 1.60 bits per heavy atom. The Morgan fingerprint density at radius 3 is 2.15 bits per heavy atom. The molecule has 0 aromatic rings. The van der Waals surface area contributed by atoms with Crippen molar-refractivity contribution in [2.45, 2.75) is 37.8 Å². The minimum absolute atomic E-state index is 0.0277. The Hall–Kier alpha value is -1.34. The van der Waals surface area contributed by atoms with Crippen molar-refractivity contribution in [3.05, 3.63) is 0 Å². The van der Waals surface area contributed by atoms with Gasteiger partial charge >= 0.3 is 6.09 Å². The summed E-state index contributed by atoms with van der Waals surface area (Å²) in [5, 5.41) is 14.2. The second kappa shape index (κ2) is 7.44. The average Bonchev–Trinajstić information content (AvgIpc) is 2.41. The molecule has 7 heteroatoms. The van der Waals surface area contributed by atoms with Gasteiger partial charge in [0.15, 0.2) is 0 Å². The van der Waals surface area contributed by atoms with Gasteiger partial charge in [-0.05, 0) is 25.7 Å². The van der Waals surface area contributed by atoms with Crippen molar-refractivity contribution in [2.75, 3.05) is 32.8 Å². The molecule has 1 saturated heterocycles. The minimum atomic E-state index is -0.968. The van der Waals surface area contributed by atoms with E-state index in [-0.39, 0.29) is 18.0 Å². The van der Waals surface area contributed by atoms with E-state index >= 15 is 0 Å². The van der Waals surface area contributed by atoms with Gasteiger partial charge in [-0.2, -0.15) is 0 Å². The number of amides is 2. The second-order valence-corrected chi connectivity index (χ2v) is 5.45. The Balaban J connectivity index is 1.64. The predicted octanol–water partition coefficient (Wildman–Crippen LogP) is 0.0136. The highest BCUT2D eigenvalue weighted by atomic mass is 16.5. The molecule has 0 atom stereocenters. The molecule has 0 unspecified atom stereocenters. The Morgan fingerprint density at radius 1 is 1.05 bits per heavy atom. The number of hydrogen-bond acceptors (Lipinski definition) is 4. The molecule has 1 aliphatic carbocycles. The number of carboxylic acid groups (broad SMARTS) is 1. The van der Waals surface area contributed by atoms with Crippen LogP contribution in [0.25, 0.3) is 0 Å². The van der Waals surface area contributed by atoms with Crippen molar-refractivity contribution in [2.24, 2.45) is 0 Å². The summed E-state index contributed by atoms with van der Waals surface area (Å²) in [6, 6.07) is 0.204. The van der Waals surface area contributed by atoms with Gasteiger partial charge in [0.05, 0.1) is 19.8 Å². The first kappa shape index (κ1) is 15.1. The average molecular weight is 285 g/mol. The molecule has 1 saturated carbocycles. The van der Waals surface area contributed by atoms with Crippen LogP contribution < -0.4 is 10.6 Å². The third-order valence-electron chi connectivity index (χ3n) is 3.89. The van der Waals surface area contributed by atoms with E-state index in [1.54, 1.807) is 0 Å². The van der Waals surface area contributed by atoms with Crippen LogP contribution in [-0.4, -0.2) is 66.9 Å². The van der Waals surface area contributed by atoms with Crippen LogP contribution in [0.4, 0.5) is 4.79 Å². The highest BCUT2D eigenvalue weighted by molar-refractivity contribution is 5.78. The molecule has 1 heterocycles. The molecule has 0 aromatic carbocycles. The first-order valence-electron chi connectivity index (χ1n) is 7.22. The molecule has 20 heavy (non-hydrogen) atoms. The topological polar surface area (TPSA) is 90.9 Å². The van der Waals surface area contributed by atoms with Gasteiger partial charge in [-0.25, -0.2) is 4.79 Å². The maximum atomic E-state index is 11.9. The molecule has 0 spiro atoms. The monoisotopic (exact) mass is 285 g/mol. The first-order valence-corrected chi connectivity index (χ1v) is 7.22. The number of nitrogens with zero attached hydrogens (tertiary/aromatic N) is 1. The van der Waals surface area contributed by atoms with Crippen LogP contribution in [0.1, 0.15) is 25.7 Å². The molecule has 2 rings (SSSR count). The summed E-state index contributed by atoms with van der Waals surface area (Å²) in [4.78, 5) is 24.6. The van der Waals surface area contributed by atoms with Crippen LogP contribution in [0.15, 0.2) is 0 Å². The number of carbonyl (C=O) groups excluding carboxylic acids is 1. The van der Waals surface area contributed by atoms with Crippen LogP contribution >= 0.6 is 0 Å². The fourth-order valence-electron chi connectivity index (χ4n) is 2.79. The molecule has 0 radical (unpaired) electrons. The Kier molecular flexibility index (Phi) is 5.60. The van der Waals surface area contributed by atoms with E-state index in [4.69, 9.17) is 9.84 Å². The zero-order chi connectivity index (χ0) is 14.4. The van der Waals surface area contributed by atoms with E-state index in [0.717, 1.165) is 38.8 Å². The van der Waals surface area contributed by atoms with Crippen molar-refractivity contribution in [1.82, 2.24) is 15.5 Å². The number of ether oxygens (including phenoxy) is 1. The zero-order valence-electron chi connectivity index (χ0n) is 11.6. The van der Waals surface area contributed by atoms with Gasteiger partial charge in [0.1, 0.15) is 0 Å². The van der Waals surface area contributed by atoms with Gasteiger partial charge < -0.3 is 20.5 Å². The molecule has 114 valence electrons. The lowest BCUT2D eigenvalue weighted by Crippen LogP contribution is -2.48. The lowest BCUT2D eigenvalue weighted by molar-refractivity contribution is -0.124.